The van der Waals surface area contributed by atoms with Gasteiger partial charge in [-0.05, 0) is 50.8 Å². The lowest BCUT2D eigenvalue weighted by Gasteiger charge is -2.61. The van der Waals surface area contributed by atoms with Gasteiger partial charge >= 0.3 is 0 Å². The maximum atomic E-state index is 13.7. The summed E-state index contributed by atoms with van der Waals surface area (Å²) in [4.78, 5) is 39.3. The van der Waals surface area contributed by atoms with E-state index in [0.29, 0.717) is 16.9 Å². The summed E-state index contributed by atoms with van der Waals surface area (Å²) in [6, 6.07) is 4.88. The minimum Gasteiger partial charge on any atom is -0.497 e. The summed E-state index contributed by atoms with van der Waals surface area (Å²) in [7, 11) is 1.51. The Morgan fingerprint density at radius 1 is 1.23 bits per heavy atom. The molecule has 134 valence electrons. The van der Waals surface area contributed by atoms with Gasteiger partial charge in [-0.1, -0.05) is 6.08 Å². The number of carbonyl (C=O) groups is 3. The first-order valence-corrected chi connectivity index (χ1v) is 8.99. The summed E-state index contributed by atoms with van der Waals surface area (Å²) in [6.07, 6.45) is 4.37. The Labute approximate surface area is 151 Å². The molecule has 4 bridgehead atoms. The highest BCUT2D eigenvalue weighted by atomic mass is 16.5. The van der Waals surface area contributed by atoms with Crippen molar-refractivity contribution in [2.75, 3.05) is 7.11 Å². The molecule has 2 aliphatic heterocycles. The van der Waals surface area contributed by atoms with Crippen LogP contribution >= 0.6 is 0 Å². The number of hydrogen-bond donors (Lipinski definition) is 0. The smallest absolute Gasteiger partial charge is 0.201 e. The van der Waals surface area contributed by atoms with Gasteiger partial charge in [-0.2, -0.15) is 0 Å². The van der Waals surface area contributed by atoms with Crippen LogP contribution in [0.25, 0.3) is 0 Å². The summed E-state index contributed by atoms with van der Waals surface area (Å²) < 4.78 is 11.7. The second-order valence-electron chi connectivity index (χ2n) is 8.32. The molecule has 1 aromatic carbocycles. The molecule has 2 fully saturated rings. The summed E-state index contributed by atoms with van der Waals surface area (Å²) in [5.41, 5.74) is -2.11. The zero-order chi connectivity index (χ0) is 18.5. The molecule has 0 radical (unpaired) electrons. The minimum atomic E-state index is -1.53. The predicted molar refractivity (Wildman–Crippen MR) is 92.3 cm³/mol. The zero-order valence-electron chi connectivity index (χ0n) is 15.0. The van der Waals surface area contributed by atoms with Gasteiger partial charge in [0.05, 0.1) is 18.1 Å². The first kappa shape index (κ1) is 15.9. The molecule has 26 heavy (non-hydrogen) atoms. The van der Waals surface area contributed by atoms with Crippen molar-refractivity contribution in [2.24, 2.45) is 17.3 Å². The van der Waals surface area contributed by atoms with E-state index in [4.69, 9.17) is 9.47 Å². The van der Waals surface area contributed by atoms with Crippen molar-refractivity contribution in [1.29, 1.82) is 0 Å². The third-order valence-electron chi connectivity index (χ3n) is 7.26. The molecule has 1 spiro atoms. The van der Waals surface area contributed by atoms with E-state index in [-0.39, 0.29) is 29.0 Å². The molecule has 6 rings (SSSR count). The third kappa shape index (κ3) is 1.43. The fraction of sp³-hybridized carbons (Fsp3) is 0.476. The standard InChI is InChI=1S/C21H20O5/c1-19(10-22)14-6-7-20(2)15(14)9-16-17(23)12-5-4-11(25-3)8-13(12)18(24)21(16,19)26-20/h4-5,8-10,14-15H,6-7H2,1-3H3/t14-,15-,19-,20+,21-/m1/s1. The number of carbonyl (C=O) groups excluding carboxylic acids is 3. The van der Waals surface area contributed by atoms with Crippen LogP contribution < -0.4 is 4.74 Å². The molecule has 5 aliphatic rings. The molecule has 5 atom stereocenters. The molecule has 0 unspecified atom stereocenters. The van der Waals surface area contributed by atoms with Crippen LogP contribution in [0, 0.1) is 17.3 Å². The maximum Gasteiger partial charge on any atom is 0.201 e. The normalized spacial score (nSPS) is 42.2. The van der Waals surface area contributed by atoms with Crippen molar-refractivity contribution in [3.63, 3.8) is 0 Å². The monoisotopic (exact) mass is 352 g/mol. The molecule has 1 saturated carbocycles. The average Bonchev–Trinajstić information content (AvgIpc) is 2.95. The van der Waals surface area contributed by atoms with Gasteiger partial charge in [-0.25, -0.2) is 0 Å². The van der Waals surface area contributed by atoms with Crippen LogP contribution in [0.15, 0.2) is 29.8 Å². The first-order chi connectivity index (χ1) is 12.3. The van der Waals surface area contributed by atoms with Crippen LogP contribution in [0.1, 0.15) is 47.4 Å². The lowest BCUT2D eigenvalue weighted by Crippen LogP contribution is -2.72. The molecule has 0 aromatic heterocycles. The Balaban J connectivity index is 1.85. The highest BCUT2D eigenvalue weighted by molar-refractivity contribution is 6.28. The van der Waals surface area contributed by atoms with Crippen LogP contribution in [0.4, 0.5) is 0 Å². The number of rotatable bonds is 2. The molecule has 5 nitrogen and oxygen atoms in total. The number of methoxy groups -OCH3 is 1. The van der Waals surface area contributed by atoms with Gasteiger partial charge in [0.1, 0.15) is 12.0 Å². The van der Waals surface area contributed by atoms with Crippen LogP contribution in [0.3, 0.4) is 0 Å². The van der Waals surface area contributed by atoms with Crippen molar-refractivity contribution < 1.29 is 23.9 Å². The van der Waals surface area contributed by atoms with Gasteiger partial charge in [-0.15, -0.1) is 0 Å². The topological polar surface area (TPSA) is 69.7 Å². The molecule has 1 aromatic rings. The van der Waals surface area contributed by atoms with Crippen LogP contribution in [-0.2, 0) is 9.53 Å². The summed E-state index contributed by atoms with van der Waals surface area (Å²) >= 11 is 0. The predicted octanol–water partition coefficient (Wildman–Crippen LogP) is 2.77. The number of ether oxygens (including phenoxy) is 2. The molecular weight excluding hydrogens is 332 g/mol. The van der Waals surface area contributed by atoms with E-state index in [9.17, 15) is 14.4 Å². The van der Waals surface area contributed by atoms with E-state index >= 15 is 0 Å². The maximum absolute atomic E-state index is 13.7. The Hall–Kier alpha value is -2.27. The zero-order valence-corrected chi connectivity index (χ0v) is 15.0. The van der Waals surface area contributed by atoms with Crippen molar-refractivity contribution in [3.05, 3.63) is 41.0 Å². The summed E-state index contributed by atoms with van der Waals surface area (Å²) in [5, 5.41) is 0. The Bertz CT molecular complexity index is 930. The van der Waals surface area contributed by atoms with E-state index in [1.165, 1.54) is 7.11 Å². The Kier molecular flexibility index (Phi) is 2.77. The van der Waals surface area contributed by atoms with Crippen LogP contribution in [-0.4, -0.2) is 36.2 Å². The molecule has 3 aliphatic carbocycles. The number of ketones is 2. The van der Waals surface area contributed by atoms with E-state index in [2.05, 4.69) is 0 Å². The van der Waals surface area contributed by atoms with E-state index in [1.54, 1.807) is 25.1 Å². The van der Waals surface area contributed by atoms with Gasteiger partial charge in [0.2, 0.25) is 5.78 Å². The highest BCUT2D eigenvalue weighted by Gasteiger charge is 2.76. The SMILES string of the molecule is COc1ccc2c(c1)C(=O)[C@]13O[C@@]4(C)CC[C@H]([C@H]4C=C1C2=O)[C@@]3(C)C=O. The van der Waals surface area contributed by atoms with Gasteiger partial charge in [0.15, 0.2) is 11.4 Å². The summed E-state index contributed by atoms with van der Waals surface area (Å²) in [5.74, 6) is -0.0383. The first-order valence-electron chi connectivity index (χ1n) is 8.99. The van der Waals surface area contributed by atoms with Crippen LogP contribution in [0.5, 0.6) is 5.75 Å². The second kappa shape index (κ2) is 4.52. The van der Waals surface area contributed by atoms with E-state index in [0.717, 1.165) is 19.1 Å². The van der Waals surface area contributed by atoms with Crippen molar-refractivity contribution >= 4 is 17.9 Å². The molecule has 2 heterocycles. The number of Topliss-reactive ketones (excluding diaryl/α,β-unsaturated/α-hetero) is 2. The Morgan fingerprint density at radius 3 is 2.69 bits per heavy atom. The van der Waals surface area contributed by atoms with E-state index < -0.39 is 16.6 Å². The largest absolute Gasteiger partial charge is 0.497 e. The molecule has 1 saturated heterocycles. The molecule has 0 N–H and O–H groups in total. The van der Waals surface area contributed by atoms with Gasteiger partial charge < -0.3 is 14.3 Å². The average molecular weight is 352 g/mol. The summed E-state index contributed by atoms with van der Waals surface area (Å²) in [6.45, 7) is 3.78. The fourth-order valence-electron chi connectivity index (χ4n) is 5.85. The molecular formula is C21H20O5. The fourth-order valence-corrected chi connectivity index (χ4v) is 5.85. The lowest BCUT2D eigenvalue weighted by atomic mass is 9.49. The van der Waals surface area contributed by atoms with E-state index in [1.807, 2.05) is 13.0 Å². The lowest BCUT2D eigenvalue weighted by molar-refractivity contribution is -0.219. The quantitative estimate of drug-likeness (QED) is 0.766. The van der Waals surface area contributed by atoms with Crippen molar-refractivity contribution in [3.8, 4) is 5.75 Å². The Morgan fingerprint density at radius 2 is 2.00 bits per heavy atom. The van der Waals surface area contributed by atoms with Crippen LogP contribution in [0.2, 0.25) is 0 Å². The van der Waals surface area contributed by atoms with Crippen molar-refractivity contribution in [1.82, 2.24) is 0 Å². The number of fused-ring (bicyclic) bond motifs is 1. The molecule has 5 heteroatoms. The number of benzene rings is 1. The highest BCUT2D eigenvalue weighted by Crippen LogP contribution is 2.68. The van der Waals surface area contributed by atoms with Gasteiger partial charge in [-0.3, -0.25) is 9.59 Å². The van der Waals surface area contributed by atoms with Crippen molar-refractivity contribution in [2.45, 2.75) is 37.9 Å². The number of aldehydes is 1. The van der Waals surface area contributed by atoms with Gasteiger partial charge in [0, 0.05) is 22.6 Å². The van der Waals surface area contributed by atoms with Gasteiger partial charge in [0.25, 0.3) is 0 Å². The number of hydrogen-bond acceptors (Lipinski definition) is 5. The minimum absolute atomic E-state index is 0.00593. The third-order valence-corrected chi connectivity index (χ3v) is 7.26. The second-order valence-corrected chi connectivity index (χ2v) is 8.32. The molecule has 0 amide bonds.